The minimum atomic E-state index is 0.213. The molecule has 0 heterocycles. The van der Waals surface area contributed by atoms with Gasteiger partial charge in [0, 0.05) is 26.4 Å². The Balaban J connectivity index is 2.73. The Hall–Kier alpha value is -0.120. The summed E-state index contributed by atoms with van der Waals surface area (Å²) in [5.74, 6) is 0. The third-order valence-corrected chi connectivity index (χ3v) is 1.64. The lowest BCUT2D eigenvalue weighted by Crippen LogP contribution is -1.99. The number of hydrogen-bond donors (Lipinski definition) is 2. The van der Waals surface area contributed by atoms with E-state index in [1.54, 1.807) is 0 Å². The Morgan fingerprint density at radius 3 is 1.92 bits per heavy atom. The summed E-state index contributed by atoms with van der Waals surface area (Å²) in [5.41, 5.74) is 0. The maximum atomic E-state index is 8.48. The fourth-order valence-electron chi connectivity index (χ4n) is 0.938. The molecule has 0 unspecified atom stereocenters. The van der Waals surface area contributed by atoms with Crippen molar-refractivity contribution in [2.24, 2.45) is 0 Å². The second-order valence-corrected chi connectivity index (χ2v) is 2.83. The summed E-state index contributed by atoms with van der Waals surface area (Å²) >= 11 is 0. The summed E-state index contributed by atoms with van der Waals surface area (Å²) in [4.78, 5) is 0. The van der Waals surface area contributed by atoms with E-state index in [0.717, 1.165) is 38.7 Å². The average Bonchev–Trinajstić information content (AvgIpc) is 2.10. The monoisotopic (exact) mass is 176 g/mol. The van der Waals surface area contributed by atoms with Crippen LogP contribution < -0.4 is 0 Å². The quantitative estimate of drug-likeness (QED) is 0.514. The zero-order chi connectivity index (χ0) is 9.07. The summed E-state index contributed by atoms with van der Waals surface area (Å²) in [6, 6.07) is 0. The van der Waals surface area contributed by atoms with E-state index in [1.807, 2.05) is 0 Å². The zero-order valence-electron chi connectivity index (χ0n) is 7.67. The van der Waals surface area contributed by atoms with E-state index in [0.29, 0.717) is 13.2 Å². The predicted molar refractivity (Wildman–Crippen MR) is 48.1 cm³/mol. The Bertz CT molecular complexity index is 66.2. The molecule has 0 bridgehead atoms. The maximum absolute atomic E-state index is 8.48. The van der Waals surface area contributed by atoms with Crippen molar-refractivity contribution in [1.82, 2.24) is 0 Å². The number of rotatable bonds is 9. The predicted octanol–water partition coefficient (Wildman–Crippen LogP) is 0.938. The third-order valence-electron chi connectivity index (χ3n) is 1.64. The fourth-order valence-corrected chi connectivity index (χ4v) is 0.938. The lowest BCUT2D eigenvalue weighted by atomic mass is 10.2. The molecule has 0 saturated heterocycles. The van der Waals surface area contributed by atoms with Crippen molar-refractivity contribution >= 4 is 0 Å². The van der Waals surface area contributed by atoms with Gasteiger partial charge in [-0.1, -0.05) is 12.8 Å². The SMILES string of the molecule is OCCCCCCOCCCO. The molecule has 3 nitrogen and oxygen atoms in total. The summed E-state index contributed by atoms with van der Waals surface area (Å²) in [6.07, 6.45) is 4.90. The van der Waals surface area contributed by atoms with E-state index < -0.39 is 0 Å². The minimum Gasteiger partial charge on any atom is -0.396 e. The number of aliphatic hydroxyl groups is 2. The molecule has 12 heavy (non-hydrogen) atoms. The Kier molecular flexibility index (Phi) is 10.8. The first-order chi connectivity index (χ1) is 5.91. The number of ether oxygens (including phenoxy) is 1. The molecule has 0 aromatic carbocycles. The maximum Gasteiger partial charge on any atom is 0.0487 e. The van der Waals surface area contributed by atoms with E-state index in [-0.39, 0.29) is 6.61 Å². The highest BCUT2D eigenvalue weighted by Gasteiger charge is 1.90. The van der Waals surface area contributed by atoms with Crippen molar-refractivity contribution in [2.75, 3.05) is 26.4 Å². The molecule has 74 valence electrons. The van der Waals surface area contributed by atoms with Gasteiger partial charge in [-0.25, -0.2) is 0 Å². The van der Waals surface area contributed by atoms with E-state index in [1.165, 1.54) is 0 Å². The van der Waals surface area contributed by atoms with Crippen LogP contribution >= 0.6 is 0 Å². The van der Waals surface area contributed by atoms with Gasteiger partial charge < -0.3 is 14.9 Å². The summed E-state index contributed by atoms with van der Waals surface area (Å²) in [6.45, 7) is 1.96. The molecule has 0 atom stereocenters. The van der Waals surface area contributed by atoms with Crippen LogP contribution in [0.25, 0.3) is 0 Å². The Labute approximate surface area is 74.4 Å². The standard InChI is InChI=1S/C9H20O3/c10-6-3-1-2-4-8-12-9-5-7-11/h10-11H,1-9H2. The molecule has 0 aliphatic rings. The van der Waals surface area contributed by atoms with Crippen LogP contribution in [-0.4, -0.2) is 36.6 Å². The minimum absolute atomic E-state index is 0.213. The molecular weight excluding hydrogens is 156 g/mol. The van der Waals surface area contributed by atoms with Crippen LogP contribution in [0.4, 0.5) is 0 Å². The first kappa shape index (κ1) is 11.9. The van der Waals surface area contributed by atoms with Crippen LogP contribution in [-0.2, 0) is 4.74 Å². The van der Waals surface area contributed by atoms with E-state index in [4.69, 9.17) is 14.9 Å². The second kappa shape index (κ2) is 10.9. The molecule has 0 saturated carbocycles. The summed E-state index contributed by atoms with van der Waals surface area (Å²) in [5, 5.41) is 16.9. The van der Waals surface area contributed by atoms with Crippen molar-refractivity contribution in [3.63, 3.8) is 0 Å². The van der Waals surface area contributed by atoms with Crippen LogP contribution in [0, 0.1) is 0 Å². The van der Waals surface area contributed by atoms with Crippen LogP contribution in [0.15, 0.2) is 0 Å². The average molecular weight is 176 g/mol. The van der Waals surface area contributed by atoms with Crippen LogP contribution in [0.2, 0.25) is 0 Å². The number of hydrogen-bond acceptors (Lipinski definition) is 3. The Morgan fingerprint density at radius 2 is 1.25 bits per heavy atom. The molecular formula is C9H20O3. The molecule has 0 spiro atoms. The van der Waals surface area contributed by atoms with Gasteiger partial charge in [-0.3, -0.25) is 0 Å². The molecule has 0 aliphatic heterocycles. The highest BCUT2D eigenvalue weighted by molar-refractivity contribution is 4.41. The van der Waals surface area contributed by atoms with Gasteiger partial charge in [0.15, 0.2) is 0 Å². The van der Waals surface area contributed by atoms with Gasteiger partial charge in [0.1, 0.15) is 0 Å². The first-order valence-corrected chi connectivity index (χ1v) is 4.71. The third kappa shape index (κ3) is 9.88. The summed E-state index contributed by atoms with van der Waals surface area (Å²) in [7, 11) is 0. The zero-order valence-corrected chi connectivity index (χ0v) is 7.67. The Morgan fingerprint density at radius 1 is 0.667 bits per heavy atom. The van der Waals surface area contributed by atoms with Crippen molar-refractivity contribution in [2.45, 2.75) is 32.1 Å². The molecule has 0 aromatic heterocycles. The smallest absolute Gasteiger partial charge is 0.0487 e. The van der Waals surface area contributed by atoms with Gasteiger partial charge in [-0.15, -0.1) is 0 Å². The second-order valence-electron chi connectivity index (χ2n) is 2.83. The normalized spacial score (nSPS) is 10.5. The lowest BCUT2D eigenvalue weighted by Gasteiger charge is -2.01. The van der Waals surface area contributed by atoms with Crippen LogP contribution in [0.5, 0.6) is 0 Å². The molecule has 0 fully saturated rings. The van der Waals surface area contributed by atoms with Crippen molar-refractivity contribution in [3.05, 3.63) is 0 Å². The molecule has 0 aliphatic carbocycles. The number of unbranched alkanes of at least 4 members (excludes halogenated alkanes) is 3. The molecule has 0 rings (SSSR count). The van der Waals surface area contributed by atoms with Crippen LogP contribution in [0.1, 0.15) is 32.1 Å². The molecule has 0 radical (unpaired) electrons. The van der Waals surface area contributed by atoms with E-state index in [2.05, 4.69) is 0 Å². The van der Waals surface area contributed by atoms with Gasteiger partial charge in [0.05, 0.1) is 0 Å². The van der Waals surface area contributed by atoms with Gasteiger partial charge >= 0.3 is 0 Å². The van der Waals surface area contributed by atoms with Crippen molar-refractivity contribution in [1.29, 1.82) is 0 Å². The van der Waals surface area contributed by atoms with E-state index in [9.17, 15) is 0 Å². The van der Waals surface area contributed by atoms with E-state index >= 15 is 0 Å². The number of aliphatic hydroxyl groups excluding tert-OH is 2. The van der Waals surface area contributed by atoms with Gasteiger partial charge in [0.25, 0.3) is 0 Å². The highest BCUT2D eigenvalue weighted by atomic mass is 16.5. The van der Waals surface area contributed by atoms with Crippen molar-refractivity contribution < 1.29 is 14.9 Å². The largest absolute Gasteiger partial charge is 0.396 e. The van der Waals surface area contributed by atoms with Crippen molar-refractivity contribution in [3.8, 4) is 0 Å². The fraction of sp³-hybridized carbons (Fsp3) is 1.00. The molecule has 0 amide bonds. The first-order valence-electron chi connectivity index (χ1n) is 4.71. The molecule has 0 aromatic rings. The van der Waals surface area contributed by atoms with Gasteiger partial charge in [0.2, 0.25) is 0 Å². The van der Waals surface area contributed by atoms with Gasteiger partial charge in [-0.2, -0.15) is 0 Å². The molecule has 3 heteroatoms. The molecule has 2 N–H and O–H groups in total. The van der Waals surface area contributed by atoms with Crippen LogP contribution in [0.3, 0.4) is 0 Å². The topological polar surface area (TPSA) is 49.7 Å². The van der Waals surface area contributed by atoms with Gasteiger partial charge in [-0.05, 0) is 19.3 Å². The lowest BCUT2D eigenvalue weighted by molar-refractivity contribution is 0.112. The highest BCUT2D eigenvalue weighted by Crippen LogP contribution is 1.99. The summed E-state index contributed by atoms with van der Waals surface area (Å²) < 4.78 is 5.23.